The molecule has 0 unspecified atom stereocenters. The van der Waals surface area contributed by atoms with E-state index in [0.29, 0.717) is 17.9 Å². The second-order valence-electron chi connectivity index (χ2n) is 7.43. The van der Waals surface area contributed by atoms with Gasteiger partial charge in [-0.05, 0) is 73.9 Å². The molecule has 174 valence electrons. The van der Waals surface area contributed by atoms with Crippen molar-refractivity contribution in [3.05, 3.63) is 81.8 Å². The van der Waals surface area contributed by atoms with Crippen LogP contribution in [0.3, 0.4) is 0 Å². The number of hydrogen-bond donors (Lipinski definition) is 2. The Kier molecular flexibility index (Phi) is 7.89. The van der Waals surface area contributed by atoms with Gasteiger partial charge < -0.3 is 10.1 Å². The lowest BCUT2D eigenvalue weighted by Gasteiger charge is -2.19. The average molecular weight is 507 g/mol. The van der Waals surface area contributed by atoms with E-state index in [4.69, 9.17) is 27.9 Å². The number of rotatable bonds is 8. The molecule has 0 heterocycles. The molecule has 2 N–H and O–H groups in total. The molecular weight excluding hydrogens is 483 g/mol. The van der Waals surface area contributed by atoms with E-state index < -0.39 is 16.1 Å². The largest absolute Gasteiger partial charge is 0.480 e. The van der Waals surface area contributed by atoms with Crippen LogP contribution in [0.1, 0.15) is 24.5 Å². The predicted octanol–water partition coefficient (Wildman–Crippen LogP) is 6.21. The van der Waals surface area contributed by atoms with Crippen LogP contribution in [0.5, 0.6) is 5.75 Å². The minimum absolute atomic E-state index is 0.00946. The molecule has 0 aromatic heterocycles. The van der Waals surface area contributed by atoms with Gasteiger partial charge in [0.15, 0.2) is 6.10 Å². The summed E-state index contributed by atoms with van der Waals surface area (Å²) < 4.78 is 33.7. The van der Waals surface area contributed by atoms with Crippen LogP contribution in [-0.2, 0) is 14.8 Å². The summed E-state index contributed by atoms with van der Waals surface area (Å²) in [6.45, 7) is 5.78. The summed E-state index contributed by atoms with van der Waals surface area (Å²) in [5, 5.41) is 3.13. The van der Waals surface area contributed by atoms with Gasteiger partial charge in [-0.2, -0.15) is 0 Å². The molecule has 1 atom stereocenters. The molecule has 0 fully saturated rings. The van der Waals surface area contributed by atoms with E-state index in [1.54, 1.807) is 12.1 Å². The first-order valence-electron chi connectivity index (χ1n) is 10.2. The summed E-state index contributed by atoms with van der Waals surface area (Å²) >= 11 is 12.0. The summed E-state index contributed by atoms with van der Waals surface area (Å²) in [7, 11) is -3.90. The normalized spacial score (nSPS) is 12.2. The summed E-state index contributed by atoms with van der Waals surface area (Å²) in [6.07, 6.45) is -0.226. The molecule has 0 aliphatic rings. The van der Waals surface area contributed by atoms with E-state index in [1.807, 2.05) is 39.0 Å². The standard InChI is InChI=1S/C24H24Cl2N2O4S/c1-4-21(32-22-10-5-7-15(2)16(22)3)24(29)27-17-11-13-18(14-12-17)33(30,31)28-20-9-6-8-19(25)23(20)26/h5-14,21,28H,4H2,1-3H3,(H,27,29)/t21-/m0/s1. The van der Waals surface area contributed by atoms with E-state index in [-0.39, 0.29) is 26.5 Å². The number of carbonyl (C=O) groups is 1. The van der Waals surface area contributed by atoms with Crippen molar-refractivity contribution in [2.75, 3.05) is 10.0 Å². The summed E-state index contributed by atoms with van der Waals surface area (Å²) in [5.41, 5.74) is 2.68. The third-order valence-electron chi connectivity index (χ3n) is 5.12. The third kappa shape index (κ3) is 5.99. The highest BCUT2D eigenvalue weighted by atomic mass is 35.5. The van der Waals surface area contributed by atoms with Crippen LogP contribution >= 0.6 is 23.2 Å². The SMILES string of the molecule is CC[C@H](Oc1cccc(C)c1C)C(=O)Nc1ccc(S(=O)(=O)Nc2cccc(Cl)c2Cl)cc1. The summed E-state index contributed by atoms with van der Waals surface area (Å²) in [6, 6.07) is 16.2. The van der Waals surface area contributed by atoms with Gasteiger partial charge in [-0.25, -0.2) is 8.42 Å². The molecular formula is C24H24Cl2N2O4S. The fraction of sp³-hybridized carbons (Fsp3) is 0.208. The minimum atomic E-state index is -3.90. The highest BCUT2D eigenvalue weighted by Gasteiger charge is 2.21. The topological polar surface area (TPSA) is 84.5 Å². The van der Waals surface area contributed by atoms with Crippen molar-refractivity contribution in [2.24, 2.45) is 0 Å². The molecule has 0 saturated carbocycles. The maximum absolute atomic E-state index is 12.7. The highest BCUT2D eigenvalue weighted by molar-refractivity contribution is 7.92. The zero-order valence-corrected chi connectivity index (χ0v) is 20.7. The molecule has 3 aromatic rings. The number of amides is 1. The fourth-order valence-electron chi connectivity index (χ4n) is 3.05. The van der Waals surface area contributed by atoms with Crippen LogP contribution in [0.25, 0.3) is 0 Å². The fourth-order valence-corrected chi connectivity index (χ4v) is 4.53. The lowest BCUT2D eigenvalue weighted by Crippen LogP contribution is -2.32. The highest BCUT2D eigenvalue weighted by Crippen LogP contribution is 2.31. The average Bonchev–Trinajstić information content (AvgIpc) is 2.78. The molecule has 0 spiro atoms. The number of hydrogen-bond acceptors (Lipinski definition) is 4. The van der Waals surface area contributed by atoms with Crippen LogP contribution in [-0.4, -0.2) is 20.4 Å². The molecule has 3 aromatic carbocycles. The van der Waals surface area contributed by atoms with Gasteiger partial charge in [-0.15, -0.1) is 0 Å². The van der Waals surface area contributed by atoms with E-state index in [2.05, 4.69) is 10.0 Å². The first-order valence-corrected chi connectivity index (χ1v) is 12.5. The molecule has 9 heteroatoms. The van der Waals surface area contributed by atoms with Crippen molar-refractivity contribution in [1.29, 1.82) is 0 Å². The number of aryl methyl sites for hydroxylation is 1. The Morgan fingerprint density at radius 3 is 2.33 bits per heavy atom. The maximum Gasteiger partial charge on any atom is 0.265 e. The van der Waals surface area contributed by atoms with Gasteiger partial charge in [0.25, 0.3) is 15.9 Å². The van der Waals surface area contributed by atoms with E-state index in [9.17, 15) is 13.2 Å². The molecule has 0 bridgehead atoms. The lowest BCUT2D eigenvalue weighted by molar-refractivity contribution is -0.122. The van der Waals surface area contributed by atoms with Gasteiger partial charge >= 0.3 is 0 Å². The predicted molar refractivity (Wildman–Crippen MR) is 133 cm³/mol. The third-order valence-corrected chi connectivity index (χ3v) is 7.32. The Hall–Kier alpha value is -2.74. The number of benzene rings is 3. The number of halogens is 2. The zero-order valence-electron chi connectivity index (χ0n) is 18.4. The van der Waals surface area contributed by atoms with Crippen LogP contribution in [0.2, 0.25) is 10.0 Å². The molecule has 0 radical (unpaired) electrons. The van der Waals surface area contributed by atoms with Gasteiger partial charge in [0.1, 0.15) is 5.75 Å². The molecule has 1 amide bonds. The number of carbonyl (C=O) groups excluding carboxylic acids is 1. The Morgan fingerprint density at radius 2 is 1.67 bits per heavy atom. The molecule has 6 nitrogen and oxygen atoms in total. The van der Waals surface area contributed by atoms with Crippen molar-refractivity contribution in [3.8, 4) is 5.75 Å². The zero-order chi connectivity index (χ0) is 24.2. The molecule has 0 aliphatic heterocycles. The van der Waals surface area contributed by atoms with Crippen molar-refractivity contribution < 1.29 is 17.9 Å². The van der Waals surface area contributed by atoms with Gasteiger partial charge in [0.05, 0.1) is 20.6 Å². The molecule has 3 rings (SSSR count). The first-order chi connectivity index (χ1) is 15.6. The van der Waals surface area contributed by atoms with Crippen molar-refractivity contribution in [2.45, 2.75) is 38.2 Å². The smallest absolute Gasteiger partial charge is 0.265 e. The second-order valence-corrected chi connectivity index (χ2v) is 9.90. The van der Waals surface area contributed by atoms with E-state index in [0.717, 1.165) is 11.1 Å². The second kappa shape index (κ2) is 10.5. The number of sulfonamides is 1. The lowest BCUT2D eigenvalue weighted by atomic mass is 10.1. The molecule has 33 heavy (non-hydrogen) atoms. The Morgan fingerprint density at radius 1 is 1.00 bits per heavy atom. The monoisotopic (exact) mass is 506 g/mol. The quantitative estimate of drug-likeness (QED) is 0.380. The van der Waals surface area contributed by atoms with Gasteiger partial charge in [0, 0.05) is 5.69 Å². The molecule has 0 saturated heterocycles. The van der Waals surface area contributed by atoms with Crippen LogP contribution in [0, 0.1) is 13.8 Å². The Balaban J connectivity index is 1.70. The van der Waals surface area contributed by atoms with E-state index in [1.165, 1.54) is 30.3 Å². The minimum Gasteiger partial charge on any atom is -0.480 e. The Bertz CT molecular complexity index is 1260. The van der Waals surface area contributed by atoms with Gasteiger partial charge in [0.2, 0.25) is 0 Å². The van der Waals surface area contributed by atoms with Gasteiger partial charge in [-0.3, -0.25) is 9.52 Å². The number of ether oxygens (including phenoxy) is 1. The Labute approximate surface area is 203 Å². The summed E-state index contributed by atoms with van der Waals surface area (Å²) in [4.78, 5) is 12.8. The first kappa shape index (κ1) is 24.9. The van der Waals surface area contributed by atoms with Crippen LogP contribution in [0.4, 0.5) is 11.4 Å². The van der Waals surface area contributed by atoms with Crippen molar-refractivity contribution >= 4 is 50.5 Å². The van der Waals surface area contributed by atoms with Crippen molar-refractivity contribution in [3.63, 3.8) is 0 Å². The van der Waals surface area contributed by atoms with Crippen molar-refractivity contribution in [1.82, 2.24) is 0 Å². The van der Waals surface area contributed by atoms with Crippen LogP contribution < -0.4 is 14.8 Å². The van der Waals surface area contributed by atoms with E-state index >= 15 is 0 Å². The van der Waals surface area contributed by atoms with Gasteiger partial charge in [-0.1, -0.05) is 48.3 Å². The van der Waals surface area contributed by atoms with Crippen LogP contribution in [0.15, 0.2) is 65.6 Å². The maximum atomic E-state index is 12.7. The number of nitrogens with one attached hydrogen (secondary N) is 2. The number of anilines is 2. The molecule has 0 aliphatic carbocycles. The summed E-state index contributed by atoms with van der Waals surface area (Å²) in [5.74, 6) is 0.335.